The standard InChI is InChI=1S/C14H19F3N2O2/c1-13(2,3)19-12(20)21-8-14(16,17)11(15)9-5-4-6-10(18)7-9/h4-7,11H,8,18H2,1-3H3,(H,19,20). The Morgan fingerprint density at radius 3 is 2.52 bits per heavy atom. The van der Waals surface area contributed by atoms with E-state index in [0.717, 1.165) is 6.07 Å². The Morgan fingerprint density at radius 1 is 1.38 bits per heavy atom. The van der Waals surface area contributed by atoms with Gasteiger partial charge in [-0.15, -0.1) is 0 Å². The lowest BCUT2D eigenvalue weighted by Gasteiger charge is -2.23. The van der Waals surface area contributed by atoms with Crippen LogP contribution >= 0.6 is 0 Å². The van der Waals surface area contributed by atoms with E-state index in [1.807, 2.05) is 0 Å². The molecule has 0 radical (unpaired) electrons. The molecule has 1 aromatic carbocycles. The van der Waals surface area contributed by atoms with Gasteiger partial charge in [-0.2, -0.15) is 8.78 Å². The largest absolute Gasteiger partial charge is 0.443 e. The van der Waals surface area contributed by atoms with Crippen LogP contribution in [-0.2, 0) is 4.74 Å². The van der Waals surface area contributed by atoms with E-state index in [4.69, 9.17) is 5.73 Å². The number of rotatable bonds is 4. The van der Waals surface area contributed by atoms with Crippen molar-refractivity contribution in [2.75, 3.05) is 12.3 Å². The molecule has 1 unspecified atom stereocenters. The van der Waals surface area contributed by atoms with Crippen molar-refractivity contribution in [1.29, 1.82) is 0 Å². The fourth-order valence-corrected chi connectivity index (χ4v) is 1.54. The summed E-state index contributed by atoms with van der Waals surface area (Å²) in [5.74, 6) is -3.84. The van der Waals surface area contributed by atoms with Crippen molar-refractivity contribution in [1.82, 2.24) is 5.32 Å². The Bertz CT molecular complexity index is 501. The average Bonchev–Trinajstić information content (AvgIpc) is 2.33. The van der Waals surface area contributed by atoms with Crippen LogP contribution < -0.4 is 11.1 Å². The highest BCUT2D eigenvalue weighted by Crippen LogP contribution is 2.35. The summed E-state index contributed by atoms with van der Waals surface area (Å²) in [5, 5.41) is 2.34. The summed E-state index contributed by atoms with van der Waals surface area (Å²) in [5.41, 5.74) is 4.71. The maximum Gasteiger partial charge on any atom is 0.407 e. The lowest BCUT2D eigenvalue weighted by molar-refractivity contribution is -0.111. The van der Waals surface area contributed by atoms with Crippen molar-refractivity contribution in [3.8, 4) is 0 Å². The van der Waals surface area contributed by atoms with Gasteiger partial charge in [-0.3, -0.25) is 0 Å². The molecule has 0 saturated heterocycles. The number of nitrogens with one attached hydrogen (secondary N) is 1. The Hall–Kier alpha value is -1.92. The molecule has 21 heavy (non-hydrogen) atoms. The molecule has 0 fully saturated rings. The topological polar surface area (TPSA) is 64.3 Å². The van der Waals surface area contributed by atoms with Crippen molar-refractivity contribution in [3.05, 3.63) is 29.8 Å². The first-order valence-electron chi connectivity index (χ1n) is 6.33. The van der Waals surface area contributed by atoms with Crippen LogP contribution in [-0.4, -0.2) is 24.2 Å². The second-order valence-electron chi connectivity index (χ2n) is 5.74. The van der Waals surface area contributed by atoms with E-state index >= 15 is 0 Å². The summed E-state index contributed by atoms with van der Waals surface area (Å²) < 4.78 is 45.7. The molecule has 0 aromatic heterocycles. The van der Waals surface area contributed by atoms with Gasteiger partial charge in [0.2, 0.25) is 0 Å². The number of alkyl halides is 3. The SMILES string of the molecule is CC(C)(C)NC(=O)OCC(F)(F)C(F)c1cccc(N)c1. The fourth-order valence-electron chi connectivity index (χ4n) is 1.54. The van der Waals surface area contributed by atoms with Gasteiger partial charge in [-0.25, -0.2) is 9.18 Å². The number of halogens is 3. The predicted molar refractivity (Wildman–Crippen MR) is 73.9 cm³/mol. The second-order valence-corrected chi connectivity index (χ2v) is 5.74. The number of carbonyl (C=O) groups excluding carboxylic acids is 1. The predicted octanol–water partition coefficient (Wildman–Crippen LogP) is 3.44. The van der Waals surface area contributed by atoms with Gasteiger partial charge in [0.15, 0.2) is 12.8 Å². The van der Waals surface area contributed by atoms with E-state index in [0.29, 0.717) is 0 Å². The van der Waals surface area contributed by atoms with Crippen LogP contribution in [0.15, 0.2) is 24.3 Å². The van der Waals surface area contributed by atoms with Crippen molar-refractivity contribution in [2.45, 2.75) is 38.4 Å². The number of carbonyl (C=O) groups is 1. The normalized spacial score (nSPS) is 13.6. The third kappa shape index (κ3) is 5.53. The van der Waals surface area contributed by atoms with E-state index in [1.54, 1.807) is 20.8 Å². The Kier molecular flexibility index (Phi) is 5.09. The van der Waals surface area contributed by atoms with Crippen LogP contribution in [0.1, 0.15) is 32.5 Å². The van der Waals surface area contributed by atoms with Crippen LogP contribution in [0.5, 0.6) is 0 Å². The molecule has 0 spiro atoms. The van der Waals surface area contributed by atoms with Gasteiger partial charge in [0.25, 0.3) is 0 Å². The third-order valence-electron chi connectivity index (χ3n) is 2.45. The van der Waals surface area contributed by atoms with Gasteiger partial charge in [0, 0.05) is 11.2 Å². The zero-order valence-electron chi connectivity index (χ0n) is 12.1. The summed E-state index contributed by atoms with van der Waals surface area (Å²) in [6, 6.07) is 5.15. The highest BCUT2D eigenvalue weighted by atomic mass is 19.3. The van der Waals surface area contributed by atoms with Gasteiger partial charge in [0.05, 0.1) is 0 Å². The highest BCUT2D eigenvalue weighted by molar-refractivity contribution is 5.68. The minimum atomic E-state index is -3.84. The number of ether oxygens (including phenoxy) is 1. The smallest absolute Gasteiger partial charge is 0.407 e. The Morgan fingerprint density at radius 2 is 2.00 bits per heavy atom. The molecule has 3 N–H and O–H groups in total. The quantitative estimate of drug-likeness (QED) is 0.838. The number of nitrogen functional groups attached to an aromatic ring is 1. The van der Waals surface area contributed by atoms with Crippen LogP contribution in [0.3, 0.4) is 0 Å². The summed E-state index contributed by atoms with van der Waals surface area (Å²) >= 11 is 0. The molecule has 0 heterocycles. The van der Waals surface area contributed by atoms with Gasteiger partial charge < -0.3 is 15.8 Å². The minimum absolute atomic E-state index is 0.178. The summed E-state index contributed by atoms with van der Waals surface area (Å²) in [6.07, 6.45) is -3.63. The number of hydrogen-bond acceptors (Lipinski definition) is 3. The molecule has 0 aliphatic carbocycles. The van der Waals surface area contributed by atoms with E-state index in [1.165, 1.54) is 18.2 Å². The number of hydrogen-bond donors (Lipinski definition) is 2. The third-order valence-corrected chi connectivity index (χ3v) is 2.45. The maximum absolute atomic E-state index is 13.9. The monoisotopic (exact) mass is 304 g/mol. The van der Waals surface area contributed by atoms with Crippen LogP contribution in [0.25, 0.3) is 0 Å². The van der Waals surface area contributed by atoms with E-state index in [2.05, 4.69) is 10.1 Å². The molecule has 1 aromatic rings. The molecule has 0 bridgehead atoms. The molecule has 7 heteroatoms. The summed E-state index contributed by atoms with van der Waals surface area (Å²) in [6.45, 7) is 3.64. The molecule has 0 saturated carbocycles. The highest BCUT2D eigenvalue weighted by Gasteiger charge is 2.43. The summed E-state index contributed by atoms with van der Waals surface area (Å²) in [4.78, 5) is 11.3. The zero-order valence-corrected chi connectivity index (χ0v) is 12.1. The van der Waals surface area contributed by atoms with Crippen LogP contribution in [0, 0.1) is 0 Å². The molecule has 118 valence electrons. The average molecular weight is 304 g/mol. The molecule has 4 nitrogen and oxygen atoms in total. The molecule has 0 aliphatic heterocycles. The maximum atomic E-state index is 13.9. The second kappa shape index (κ2) is 6.24. The van der Waals surface area contributed by atoms with Crippen LogP contribution in [0.2, 0.25) is 0 Å². The van der Waals surface area contributed by atoms with Crippen molar-refractivity contribution in [2.24, 2.45) is 0 Å². The number of anilines is 1. The molecule has 1 atom stereocenters. The molecular formula is C14H19F3N2O2. The Balaban J connectivity index is 2.66. The van der Waals surface area contributed by atoms with Crippen molar-refractivity contribution < 1.29 is 22.7 Å². The van der Waals surface area contributed by atoms with E-state index in [-0.39, 0.29) is 11.3 Å². The van der Waals surface area contributed by atoms with Gasteiger partial charge >= 0.3 is 12.0 Å². The number of benzene rings is 1. The Labute approximate surface area is 121 Å². The van der Waals surface area contributed by atoms with E-state index in [9.17, 15) is 18.0 Å². The number of amides is 1. The fraction of sp³-hybridized carbons (Fsp3) is 0.500. The van der Waals surface area contributed by atoms with Crippen molar-refractivity contribution in [3.63, 3.8) is 0 Å². The lowest BCUT2D eigenvalue weighted by atomic mass is 10.0. The van der Waals surface area contributed by atoms with Gasteiger partial charge in [-0.1, -0.05) is 12.1 Å². The number of nitrogens with two attached hydrogens (primary N) is 1. The first-order chi connectivity index (χ1) is 9.51. The molecule has 0 aliphatic rings. The lowest BCUT2D eigenvalue weighted by Crippen LogP contribution is -2.43. The van der Waals surface area contributed by atoms with Crippen LogP contribution in [0.4, 0.5) is 23.7 Å². The number of alkyl carbamates (subject to hydrolysis) is 1. The van der Waals surface area contributed by atoms with E-state index < -0.39 is 30.3 Å². The van der Waals surface area contributed by atoms with Gasteiger partial charge in [-0.05, 0) is 38.5 Å². The first-order valence-corrected chi connectivity index (χ1v) is 6.33. The first kappa shape index (κ1) is 17.1. The van der Waals surface area contributed by atoms with Crippen molar-refractivity contribution >= 4 is 11.8 Å². The molecular weight excluding hydrogens is 285 g/mol. The van der Waals surface area contributed by atoms with Gasteiger partial charge in [0.1, 0.15) is 0 Å². The minimum Gasteiger partial charge on any atom is -0.443 e. The summed E-state index contributed by atoms with van der Waals surface area (Å²) in [7, 11) is 0. The zero-order chi connectivity index (χ0) is 16.3. The molecule has 1 rings (SSSR count). The molecule has 1 amide bonds.